The van der Waals surface area contributed by atoms with Gasteiger partial charge < -0.3 is 11.1 Å². The average Bonchev–Trinajstić information content (AvgIpc) is 2.60. The standard InChI is InChI=1S/C22H40N2/c1-2-3-4-5-6-7-8-9-10-11-12-13-17-20-22(23)24-21-18-15-14-16-19-21/h14-16,18-19,22,24H,2-13,17,20,23H2,1H3. The summed E-state index contributed by atoms with van der Waals surface area (Å²) in [5.74, 6) is 0. The van der Waals surface area contributed by atoms with Gasteiger partial charge >= 0.3 is 0 Å². The first-order valence-corrected chi connectivity index (χ1v) is 10.4. The number of hydrogen-bond acceptors (Lipinski definition) is 2. The molecule has 1 aromatic carbocycles. The fourth-order valence-corrected chi connectivity index (χ4v) is 3.20. The lowest BCUT2D eigenvalue weighted by Crippen LogP contribution is -2.29. The van der Waals surface area contributed by atoms with Crippen LogP contribution in [0.1, 0.15) is 96.8 Å². The Bertz CT molecular complexity index is 363. The minimum absolute atomic E-state index is 0.0834. The van der Waals surface area contributed by atoms with E-state index in [0.29, 0.717) is 0 Å². The molecule has 1 atom stereocenters. The van der Waals surface area contributed by atoms with Gasteiger partial charge in [-0.05, 0) is 18.6 Å². The number of para-hydroxylation sites is 1. The van der Waals surface area contributed by atoms with E-state index in [9.17, 15) is 0 Å². The van der Waals surface area contributed by atoms with Crippen molar-refractivity contribution in [2.45, 2.75) is 103 Å². The highest BCUT2D eigenvalue weighted by molar-refractivity contribution is 5.42. The van der Waals surface area contributed by atoms with Crippen LogP contribution in [0.25, 0.3) is 0 Å². The first-order chi connectivity index (χ1) is 11.8. The number of nitrogens with two attached hydrogens (primary N) is 1. The molecular formula is C22H40N2. The largest absolute Gasteiger partial charge is 0.370 e. The number of nitrogens with one attached hydrogen (secondary N) is 1. The Balaban J connectivity index is 1.80. The fourth-order valence-electron chi connectivity index (χ4n) is 3.20. The molecule has 138 valence electrons. The third-order valence-corrected chi connectivity index (χ3v) is 4.74. The molecule has 0 spiro atoms. The predicted octanol–water partition coefficient (Wildman–Crippen LogP) is 6.86. The summed E-state index contributed by atoms with van der Waals surface area (Å²) >= 11 is 0. The molecule has 0 heterocycles. The summed E-state index contributed by atoms with van der Waals surface area (Å²) in [6.07, 6.45) is 19.3. The molecule has 0 saturated heterocycles. The van der Waals surface area contributed by atoms with Crippen molar-refractivity contribution in [3.8, 4) is 0 Å². The second-order valence-electron chi connectivity index (χ2n) is 7.15. The van der Waals surface area contributed by atoms with Crippen molar-refractivity contribution in [3.05, 3.63) is 30.3 Å². The summed E-state index contributed by atoms with van der Waals surface area (Å²) in [6.45, 7) is 2.29. The number of unbranched alkanes of at least 4 members (excludes halogenated alkanes) is 12. The molecule has 2 nitrogen and oxygen atoms in total. The van der Waals surface area contributed by atoms with E-state index in [-0.39, 0.29) is 6.17 Å². The predicted molar refractivity (Wildman–Crippen MR) is 108 cm³/mol. The number of rotatable bonds is 16. The highest BCUT2D eigenvalue weighted by atomic mass is 15.0. The normalized spacial score (nSPS) is 12.2. The molecule has 0 aliphatic rings. The van der Waals surface area contributed by atoms with E-state index in [1.165, 1.54) is 83.5 Å². The Labute approximate surface area is 150 Å². The maximum atomic E-state index is 6.13. The fraction of sp³-hybridized carbons (Fsp3) is 0.727. The highest BCUT2D eigenvalue weighted by Gasteiger charge is 2.01. The first kappa shape index (κ1) is 21.0. The third kappa shape index (κ3) is 12.4. The van der Waals surface area contributed by atoms with Crippen LogP contribution >= 0.6 is 0 Å². The van der Waals surface area contributed by atoms with Crippen LogP contribution in [-0.2, 0) is 0 Å². The topological polar surface area (TPSA) is 38.0 Å². The molecular weight excluding hydrogens is 292 g/mol. The molecule has 0 aliphatic heterocycles. The zero-order chi connectivity index (χ0) is 17.3. The maximum Gasteiger partial charge on any atom is 0.0743 e. The summed E-state index contributed by atoms with van der Waals surface area (Å²) in [4.78, 5) is 0. The van der Waals surface area contributed by atoms with Crippen LogP contribution in [0.5, 0.6) is 0 Å². The molecule has 3 N–H and O–H groups in total. The lowest BCUT2D eigenvalue weighted by molar-refractivity contribution is 0.527. The summed E-state index contributed by atoms with van der Waals surface area (Å²) < 4.78 is 0. The van der Waals surface area contributed by atoms with Gasteiger partial charge in [-0.15, -0.1) is 0 Å². The summed E-state index contributed by atoms with van der Waals surface area (Å²) in [5, 5.41) is 3.36. The van der Waals surface area contributed by atoms with Crippen LogP contribution in [0.3, 0.4) is 0 Å². The van der Waals surface area contributed by atoms with Gasteiger partial charge in [0.1, 0.15) is 0 Å². The number of benzene rings is 1. The molecule has 0 saturated carbocycles. The van der Waals surface area contributed by atoms with E-state index in [1.54, 1.807) is 0 Å². The lowest BCUT2D eigenvalue weighted by atomic mass is 10.0. The van der Waals surface area contributed by atoms with E-state index < -0.39 is 0 Å². The summed E-state index contributed by atoms with van der Waals surface area (Å²) in [6, 6.07) is 10.3. The van der Waals surface area contributed by atoms with Crippen molar-refractivity contribution in [1.29, 1.82) is 0 Å². The van der Waals surface area contributed by atoms with Gasteiger partial charge in [-0.3, -0.25) is 0 Å². The highest BCUT2D eigenvalue weighted by Crippen LogP contribution is 2.14. The second-order valence-corrected chi connectivity index (χ2v) is 7.15. The van der Waals surface area contributed by atoms with Crippen LogP contribution in [0, 0.1) is 0 Å². The Morgan fingerprint density at radius 1 is 0.708 bits per heavy atom. The van der Waals surface area contributed by atoms with E-state index in [0.717, 1.165) is 12.1 Å². The van der Waals surface area contributed by atoms with E-state index in [2.05, 4.69) is 24.4 Å². The van der Waals surface area contributed by atoms with Crippen molar-refractivity contribution in [3.63, 3.8) is 0 Å². The maximum absolute atomic E-state index is 6.13. The van der Waals surface area contributed by atoms with Crippen molar-refractivity contribution in [2.75, 3.05) is 5.32 Å². The molecule has 1 unspecified atom stereocenters. The Morgan fingerprint density at radius 3 is 1.67 bits per heavy atom. The van der Waals surface area contributed by atoms with E-state index in [1.807, 2.05) is 18.2 Å². The number of anilines is 1. The lowest BCUT2D eigenvalue weighted by Gasteiger charge is -2.14. The van der Waals surface area contributed by atoms with Crippen molar-refractivity contribution < 1.29 is 0 Å². The Kier molecular flexibility index (Phi) is 13.6. The molecule has 0 amide bonds. The molecule has 0 radical (unpaired) electrons. The van der Waals surface area contributed by atoms with Crippen LogP contribution in [0.4, 0.5) is 5.69 Å². The van der Waals surface area contributed by atoms with Gasteiger partial charge in [0.25, 0.3) is 0 Å². The van der Waals surface area contributed by atoms with Gasteiger partial charge in [-0.2, -0.15) is 0 Å². The quantitative estimate of drug-likeness (QED) is 0.256. The molecule has 2 heteroatoms. The minimum Gasteiger partial charge on any atom is -0.370 e. The van der Waals surface area contributed by atoms with E-state index >= 15 is 0 Å². The van der Waals surface area contributed by atoms with Gasteiger partial charge in [0.05, 0.1) is 6.17 Å². The van der Waals surface area contributed by atoms with Crippen molar-refractivity contribution >= 4 is 5.69 Å². The summed E-state index contributed by atoms with van der Waals surface area (Å²) in [7, 11) is 0. The molecule has 0 bridgehead atoms. The molecule has 0 fully saturated rings. The van der Waals surface area contributed by atoms with Gasteiger partial charge in [-0.1, -0.05) is 109 Å². The minimum atomic E-state index is 0.0834. The van der Waals surface area contributed by atoms with Gasteiger partial charge in [0.15, 0.2) is 0 Å². The molecule has 0 aliphatic carbocycles. The van der Waals surface area contributed by atoms with Crippen molar-refractivity contribution in [1.82, 2.24) is 0 Å². The van der Waals surface area contributed by atoms with Crippen LogP contribution in [-0.4, -0.2) is 6.17 Å². The van der Waals surface area contributed by atoms with Gasteiger partial charge in [-0.25, -0.2) is 0 Å². The average molecular weight is 333 g/mol. The first-order valence-electron chi connectivity index (χ1n) is 10.4. The van der Waals surface area contributed by atoms with Gasteiger partial charge in [0.2, 0.25) is 0 Å². The number of hydrogen-bond donors (Lipinski definition) is 2. The van der Waals surface area contributed by atoms with Crippen LogP contribution in [0.15, 0.2) is 30.3 Å². The zero-order valence-corrected chi connectivity index (χ0v) is 15.9. The zero-order valence-electron chi connectivity index (χ0n) is 15.9. The Hall–Kier alpha value is -1.02. The SMILES string of the molecule is CCCCCCCCCCCCCCCC(N)Nc1ccccc1. The van der Waals surface area contributed by atoms with E-state index in [4.69, 9.17) is 5.73 Å². The monoisotopic (exact) mass is 332 g/mol. The van der Waals surface area contributed by atoms with Crippen molar-refractivity contribution in [2.24, 2.45) is 5.73 Å². The Morgan fingerprint density at radius 2 is 1.17 bits per heavy atom. The third-order valence-electron chi connectivity index (χ3n) is 4.74. The summed E-state index contributed by atoms with van der Waals surface area (Å²) in [5.41, 5.74) is 7.26. The second kappa shape index (κ2) is 15.5. The van der Waals surface area contributed by atoms with Gasteiger partial charge in [0, 0.05) is 5.69 Å². The smallest absolute Gasteiger partial charge is 0.0743 e. The van der Waals surface area contributed by atoms with Crippen LogP contribution < -0.4 is 11.1 Å². The molecule has 24 heavy (non-hydrogen) atoms. The molecule has 1 aromatic rings. The molecule has 1 rings (SSSR count). The molecule has 0 aromatic heterocycles. The van der Waals surface area contributed by atoms with Crippen LogP contribution in [0.2, 0.25) is 0 Å².